The molecule has 1 heterocycles. The fourth-order valence-corrected chi connectivity index (χ4v) is 3.06. The summed E-state index contributed by atoms with van der Waals surface area (Å²) in [6, 6.07) is 18.5. The van der Waals surface area contributed by atoms with Crippen LogP contribution in [-0.4, -0.2) is 22.2 Å². The Morgan fingerprint density at radius 2 is 1.74 bits per heavy atom. The van der Waals surface area contributed by atoms with Gasteiger partial charge in [0.25, 0.3) is 0 Å². The van der Waals surface area contributed by atoms with Crippen molar-refractivity contribution in [2.75, 3.05) is 6.54 Å². The Balaban J connectivity index is 1.40. The number of rotatable bonds is 8. The highest BCUT2D eigenvalue weighted by Crippen LogP contribution is 2.13. The Kier molecular flexibility index (Phi) is 6.42. The molecule has 0 aliphatic carbocycles. The third kappa shape index (κ3) is 5.55. The average molecular weight is 361 g/mol. The molecule has 0 saturated heterocycles. The molecule has 140 valence electrons. The van der Waals surface area contributed by atoms with Crippen molar-refractivity contribution in [2.45, 2.75) is 39.5 Å². The number of aromatic nitrogens is 2. The van der Waals surface area contributed by atoms with Crippen LogP contribution < -0.4 is 5.32 Å². The van der Waals surface area contributed by atoms with Crippen molar-refractivity contribution in [3.05, 3.63) is 83.2 Å². The number of aryl methyl sites for hydroxylation is 4. The Morgan fingerprint density at radius 1 is 1.00 bits per heavy atom. The van der Waals surface area contributed by atoms with Crippen LogP contribution in [0.1, 0.15) is 35.2 Å². The second-order valence-electron chi connectivity index (χ2n) is 6.96. The molecule has 0 fully saturated rings. The largest absolute Gasteiger partial charge is 0.356 e. The smallest absolute Gasteiger partial charge is 0.220 e. The number of amides is 1. The Hall–Kier alpha value is -2.88. The van der Waals surface area contributed by atoms with Crippen molar-refractivity contribution < 1.29 is 4.79 Å². The van der Waals surface area contributed by atoms with E-state index in [0.717, 1.165) is 30.6 Å². The van der Waals surface area contributed by atoms with E-state index in [1.165, 1.54) is 16.7 Å². The fourth-order valence-electron chi connectivity index (χ4n) is 3.06. The molecule has 3 rings (SSSR count). The molecular formula is C23H27N3O. The van der Waals surface area contributed by atoms with Gasteiger partial charge in [-0.25, -0.2) is 4.68 Å². The Bertz CT molecular complexity index is 866. The number of para-hydroxylation sites is 1. The lowest BCUT2D eigenvalue weighted by Gasteiger charge is -2.05. The summed E-state index contributed by atoms with van der Waals surface area (Å²) in [4.78, 5) is 12.0. The zero-order valence-corrected chi connectivity index (χ0v) is 16.1. The molecule has 0 aliphatic rings. The van der Waals surface area contributed by atoms with Crippen molar-refractivity contribution in [3.8, 4) is 5.69 Å². The van der Waals surface area contributed by atoms with Crippen LogP contribution in [0.25, 0.3) is 5.69 Å². The molecule has 27 heavy (non-hydrogen) atoms. The zero-order chi connectivity index (χ0) is 19.1. The maximum absolute atomic E-state index is 12.0. The zero-order valence-electron chi connectivity index (χ0n) is 16.1. The third-order valence-corrected chi connectivity index (χ3v) is 4.73. The summed E-state index contributed by atoms with van der Waals surface area (Å²) < 4.78 is 1.92. The van der Waals surface area contributed by atoms with E-state index < -0.39 is 0 Å². The molecule has 0 saturated carbocycles. The maximum atomic E-state index is 12.0. The van der Waals surface area contributed by atoms with Gasteiger partial charge in [-0.15, -0.1) is 0 Å². The maximum Gasteiger partial charge on any atom is 0.220 e. The van der Waals surface area contributed by atoms with Crippen molar-refractivity contribution in [3.63, 3.8) is 0 Å². The van der Waals surface area contributed by atoms with E-state index in [-0.39, 0.29) is 5.91 Å². The normalized spacial score (nSPS) is 10.7. The molecule has 1 aromatic heterocycles. The first-order valence-electron chi connectivity index (χ1n) is 9.54. The summed E-state index contributed by atoms with van der Waals surface area (Å²) in [6.45, 7) is 4.80. The van der Waals surface area contributed by atoms with Crippen LogP contribution in [0.3, 0.4) is 0 Å². The topological polar surface area (TPSA) is 46.9 Å². The molecule has 0 atom stereocenters. The second-order valence-corrected chi connectivity index (χ2v) is 6.96. The van der Waals surface area contributed by atoms with Gasteiger partial charge in [0.05, 0.1) is 11.4 Å². The van der Waals surface area contributed by atoms with Crippen LogP contribution in [0.5, 0.6) is 0 Å². The van der Waals surface area contributed by atoms with E-state index in [4.69, 9.17) is 0 Å². The minimum Gasteiger partial charge on any atom is -0.356 e. The molecule has 4 nitrogen and oxygen atoms in total. The van der Waals surface area contributed by atoms with Crippen LogP contribution in [-0.2, 0) is 17.6 Å². The lowest BCUT2D eigenvalue weighted by Crippen LogP contribution is -2.25. The van der Waals surface area contributed by atoms with Crippen molar-refractivity contribution in [2.24, 2.45) is 0 Å². The van der Waals surface area contributed by atoms with Gasteiger partial charge in [0.2, 0.25) is 5.91 Å². The van der Waals surface area contributed by atoms with E-state index in [0.29, 0.717) is 13.0 Å². The lowest BCUT2D eigenvalue weighted by molar-refractivity contribution is -0.121. The van der Waals surface area contributed by atoms with Crippen LogP contribution in [0.2, 0.25) is 0 Å². The monoisotopic (exact) mass is 361 g/mol. The van der Waals surface area contributed by atoms with Gasteiger partial charge in [-0.1, -0.05) is 48.0 Å². The van der Waals surface area contributed by atoms with E-state index in [1.54, 1.807) is 0 Å². The number of hydrogen-bond acceptors (Lipinski definition) is 2. The Labute approximate surface area is 161 Å². The van der Waals surface area contributed by atoms with E-state index in [2.05, 4.69) is 47.8 Å². The number of hydrogen-bond donors (Lipinski definition) is 1. The quantitative estimate of drug-likeness (QED) is 0.612. The van der Waals surface area contributed by atoms with Gasteiger partial charge in [-0.2, -0.15) is 5.10 Å². The van der Waals surface area contributed by atoms with Gasteiger partial charge in [-0.05, 0) is 56.4 Å². The van der Waals surface area contributed by atoms with Crippen LogP contribution in [0.15, 0.2) is 60.8 Å². The van der Waals surface area contributed by atoms with Gasteiger partial charge in [-0.3, -0.25) is 4.79 Å². The molecule has 0 aliphatic heterocycles. The number of carbonyl (C=O) groups excluding carboxylic acids is 1. The van der Waals surface area contributed by atoms with Crippen molar-refractivity contribution >= 4 is 5.91 Å². The minimum absolute atomic E-state index is 0.118. The van der Waals surface area contributed by atoms with Crippen molar-refractivity contribution in [1.82, 2.24) is 15.1 Å². The number of benzene rings is 2. The third-order valence-electron chi connectivity index (χ3n) is 4.73. The van der Waals surface area contributed by atoms with Crippen LogP contribution in [0.4, 0.5) is 0 Å². The molecule has 0 unspecified atom stereocenters. The SMILES string of the molecule is Cc1ccc(CCC(=O)NCCCc2cn(-c3ccccc3)nc2C)cc1. The number of nitrogens with zero attached hydrogens (tertiary/aromatic N) is 2. The number of carbonyl (C=O) groups is 1. The molecule has 3 aromatic rings. The first kappa shape index (κ1) is 18.9. The predicted molar refractivity (Wildman–Crippen MR) is 109 cm³/mol. The fraction of sp³-hybridized carbons (Fsp3) is 0.304. The van der Waals surface area contributed by atoms with Crippen molar-refractivity contribution in [1.29, 1.82) is 0 Å². The molecule has 4 heteroatoms. The first-order valence-corrected chi connectivity index (χ1v) is 9.54. The second kappa shape index (κ2) is 9.17. The summed E-state index contributed by atoms with van der Waals surface area (Å²) in [5.74, 6) is 0.118. The van der Waals surface area contributed by atoms with Crippen LogP contribution in [0, 0.1) is 13.8 Å². The highest BCUT2D eigenvalue weighted by Gasteiger charge is 2.07. The van der Waals surface area contributed by atoms with Gasteiger partial charge in [0, 0.05) is 19.2 Å². The van der Waals surface area contributed by atoms with E-state index in [9.17, 15) is 4.79 Å². The van der Waals surface area contributed by atoms with Gasteiger partial charge < -0.3 is 5.32 Å². The lowest BCUT2D eigenvalue weighted by atomic mass is 10.1. The summed E-state index contributed by atoms with van der Waals surface area (Å²) >= 11 is 0. The predicted octanol–water partition coefficient (Wildman–Crippen LogP) is 4.17. The Morgan fingerprint density at radius 3 is 2.48 bits per heavy atom. The van der Waals surface area contributed by atoms with E-state index >= 15 is 0 Å². The molecule has 0 bridgehead atoms. The van der Waals surface area contributed by atoms with Gasteiger partial charge >= 0.3 is 0 Å². The highest BCUT2D eigenvalue weighted by atomic mass is 16.1. The molecule has 0 spiro atoms. The van der Waals surface area contributed by atoms with Gasteiger partial charge in [0.15, 0.2) is 0 Å². The molecular weight excluding hydrogens is 334 g/mol. The summed E-state index contributed by atoms with van der Waals surface area (Å²) in [7, 11) is 0. The average Bonchev–Trinajstić information content (AvgIpc) is 3.06. The molecule has 1 amide bonds. The van der Waals surface area contributed by atoms with Crippen LogP contribution >= 0.6 is 0 Å². The summed E-state index contributed by atoms with van der Waals surface area (Å²) in [5, 5.41) is 7.62. The summed E-state index contributed by atoms with van der Waals surface area (Å²) in [5.41, 5.74) is 5.79. The number of nitrogens with one attached hydrogen (secondary N) is 1. The first-order chi connectivity index (χ1) is 13.1. The molecule has 2 aromatic carbocycles. The minimum atomic E-state index is 0.118. The summed E-state index contributed by atoms with van der Waals surface area (Å²) in [6.07, 6.45) is 5.24. The molecule has 1 N–H and O–H groups in total. The highest BCUT2D eigenvalue weighted by molar-refractivity contribution is 5.76. The molecule has 0 radical (unpaired) electrons. The standard InChI is InChI=1S/C23H27N3O/c1-18-10-12-20(13-11-18)14-15-23(27)24-16-6-7-21-17-26(25-19(21)2)22-8-4-3-5-9-22/h3-5,8-13,17H,6-7,14-16H2,1-2H3,(H,24,27). The van der Waals surface area contributed by atoms with Gasteiger partial charge in [0.1, 0.15) is 0 Å². The van der Waals surface area contributed by atoms with E-state index in [1.807, 2.05) is 41.9 Å².